The number of carbonyl (C=O) groups is 2. The van der Waals surface area contributed by atoms with Crippen LogP contribution >= 0.6 is 8.03 Å². The van der Waals surface area contributed by atoms with Crippen LogP contribution in [0.4, 0.5) is 0 Å². The van der Waals surface area contributed by atoms with Crippen LogP contribution < -0.4 is 0 Å². The van der Waals surface area contributed by atoms with E-state index in [0.717, 1.165) is 0 Å². The molecule has 16 heavy (non-hydrogen) atoms. The normalized spacial score (nSPS) is 11.1. The average Bonchev–Trinajstić information content (AvgIpc) is 2.17. The number of rotatable bonds is 7. The minimum atomic E-state index is -2.60. The lowest BCUT2D eigenvalue weighted by Crippen LogP contribution is -2.18. The summed E-state index contributed by atoms with van der Waals surface area (Å²) in [6.07, 6.45) is -0.503. The largest absolute Gasteiger partial charge is 0.509 e. The van der Waals surface area contributed by atoms with Crippen molar-refractivity contribution >= 4 is 20.0 Å². The molecule has 0 rings (SSSR count). The van der Waals surface area contributed by atoms with Gasteiger partial charge in [-0.1, -0.05) is 0 Å². The third-order valence-corrected chi connectivity index (χ3v) is 2.72. The molecular formula is C9H16O6P+. The standard InChI is InChI=1S/C9H15O6P/c1-3-14-8(10)5-7(16(12)13)6-9(11)15-4-2/h7H,3-6H2,1-2H3/p+1. The minimum Gasteiger partial charge on any atom is -0.466 e. The molecule has 0 heterocycles. The average molecular weight is 251 g/mol. The lowest BCUT2D eigenvalue weighted by Gasteiger charge is -2.04. The van der Waals surface area contributed by atoms with Crippen molar-refractivity contribution in [3.05, 3.63) is 0 Å². The van der Waals surface area contributed by atoms with Crippen LogP contribution in [0.25, 0.3) is 0 Å². The summed E-state index contributed by atoms with van der Waals surface area (Å²) in [6, 6.07) is 0. The van der Waals surface area contributed by atoms with Crippen molar-refractivity contribution in [2.75, 3.05) is 13.2 Å². The number of carbonyl (C=O) groups excluding carboxylic acids is 2. The molecule has 1 atom stereocenters. The van der Waals surface area contributed by atoms with Gasteiger partial charge in [0, 0.05) is 0 Å². The van der Waals surface area contributed by atoms with Gasteiger partial charge in [0.2, 0.25) is 5.66 Å². The zero-order valence-corrected chi connectivity index (χ0v) is 10.2. The van der Waals surface area contributed by atoms with E-state index in [9.17, 15) is 14.2 Å². The first-order valence-electron chi connectivity index (χ1n) is 4.97. The summed E-state index contributed by atoms with van der Waals surface area (Å²) in [4.78, 5) is 31.1. The number of ether oxygens (including phenoxy) is 2. The SMILES string of the molecule is CCOC(=O)CC(CC(=O)OCC)[P+](=O)O. The fraction of sp³-hybridized carbons (Fsp3) is 0.778. The third-order valence-electron chi connectivity index (χ3n) is 1.73. The highest BCUT2D eigenvalue weighted by atomic mass is 31.1. The zero-order valence-electron chi connectivity index (χ0n) is 9.34. The van der Waals surface area contributed by atoms with Gasteiger partial charge in [-0.25, -0.2) is 0 Å². The van der Waals surface area contributed by atoms with Crippen LogP contribution in [0.3, 0.4) is 0 Å². The van der Waals surface area contributed by atoms with Crippen LogP contribution in [0, 0.1) is 0 Å². The Morgan fingerprint density at radius 3 is 1.75 bits per heavy atom. The molecule has 0 radical (unpaired) electrons. The van der Waals surface area contributed by atoms with Crippen LogP contribution in [0.2, 0.25) is 0 Å². The van der Waals surface area contributed by atoms with Crippen LogP contribution in [0.5, 0.6) is 0 Å². The maximum atomic E-state index is 11.1. The van der Waals surface area contributed by atoms with E-state index in [-0.39, 0.29) is 26.1 Å². The molecule has 0 aromatic carbocycles. The Morgan fingerprint density at radius 2 is 1.50 bits per heavy atom. The summed E-state index contributed by atoms with van der Waals surface area (Å²) in [5.74, 6) is -1.18. The fourth-order valence-corrected chi connectivity index (χ4v) is 1.66. The van der Waals surface area contributed by atoms with E-state index < -0.39 is 25.6 Å². The zero-order chi connectivity index (χ0) is 12.6. The quantitative estimate of drug-likeness (QED) is 0.536. The molecule has 92 valence electrons. The predicted octanol–water partition coefficient (Wildman–Crippen LogP) is 0.996. The lowest BCUT2D eigenvalue weighted by molar-refractivity contribution is -0.144. The van der Waals surface area contributed by atoms with Gasteiger partial charge in [-0.05, 0) is 18.4 Å². The Labute approximate surface area is 94.8 Å². The molecular weight excluding hydrogens is 235 g/mol. The highest BCUT2D eigenvalue weighted by Gasteiger charge is 2.35. The topological polar surface area (TPSA) is 89.9 Å². The Bertz CT molecular complexity index is 245. The smallest absolute Gasteiger partial charge is 0.466 e. The molecule has 0 aliphatic carbocycles. The highest BCUT2D eigenvalue weighted by Crippen LogP contribution is 2.28. The highest BCUT2D eigenvalue weighted by molar-refractivity contribution is 7.39. The first kappa shape index (κ1) is 15.0. The van der Waals surface area contributed by atoms with Crippen molar-refractivity contribution in [3.8, 4) is 0 Å². The van der Waals surface area contributed by atoms with Crippen LogP contribution in [-0.2, 0) is 23.6 Å². The summed E-state index contributed by atoms with van der Waals surface area (Å²) >= 11 is 0. The molecule has 7 heteroatoms. The minimum absolute atomic E-state index is 0.202. The molecule has 1 unspecified atom stereocenters. The van der Waals surface area contributed by atoms with Crippen LogP contribution in [-0.4, -0.2) is 35.7 Å². The van der Waals surface area contributed by atoms with Gasteiger partial charge in [0.1, 0.15) is 0 Å². The maximum absolute atomic E-state index is 11.1. The molecule has 0 amide bonds. The molecule has 0 aromatic heterocycles. The summed E-state index contributed by atoms with van der Waals surface area (Å²) < 4.78 is 20.2. The van der Waals surface area contributed by atoms with Gasteiger partial charge >= 0.3 is 20.0 Å². The van der Waals surface area contributed by atoms with Crippen molar-refractivity contribution in [1.82, 2.24) is 0 Å². The predicted molar refractivity (Wildman–Crippen MR) is 56.1 cm³/mol. The molecule has 0 saturated heterocycles. The second-order valence-electron chi connectivity index (χ2n) is 2.97. The van der Waals surface area contributed by atoms with E-state index in [0.29, 0.717) is 0 Å². The molecule has 0 aliphatic rings. The molecule has 0 bridgehead atoms. The molecule has 0 spiro atoms. The number of esters is 2. The van der Waals surface area contributed by atoms with Gasteiger partial charge in [0.25, 0.3) is 0 Å². The summed E-state index contributed by atoms with van der Waals surface area (Å²) in [5, 5.41) is 0. The van der Waals surface area contributed by atoms with Crippen LogP contribution in [0.15, 0.2) is 0 Å². The number of hydrogen-bond donors (Lipinski definition) is 1. The second kappa shape index (κ2) is 8.19. The monoisotopic (exact) mass is 251 g/mol. The summed E-state index contributed by atoms with van der Waals surface area (Å²) in [6.45, 7) is 3.68. The van der Waals surface area contributed by atoms with Gasteiger partial charge < -0.3 is 9.47 Å². The Kier molecular flexibility index (Phi) is 7.68. The Morgan fingerprint density at radius 1 is 1.12 bits per heavy atom. The fourth-order valence-electron chi connectivity index (χ4n) is 1.05. The van der Waals surface area contributed by atoms with E-state index >= 15 is 0 Å². The van der Waals surface area contributed by atoms with Gasteiger partial charge in [0.05, 0.1) is 26.1 Å². The van der Waals surface area contributed by atoms with Crippen LogP contribution in [0.1, 0.15) is 26.7 Å². The summed E-state index contributed by atoms with van der Waals surface area (Å²) in [7, 11) is -2.60. The summed E-state index contributed by atoms with van der Waals surface area (Å²) in [5.41, 5.74) is -0.937. The van der Waals surface area contributed by atoms with E-state index in [4.69, 9.17) is 4.89 Å². The first-order chi connectivity index (χ1) is 7.51. The van der Waals surface area contributed by atoms with E-state index in [1.807, 2.05) is 0 Å². The van der Waals surface area contributed by atoms with Gasteiger partial charge in [-0.2, -0.15) is 4.89 Å². The Balaban J connectivity index is 4.22. The molecule has 0 saturated carbocycles. The lowest BCUT2D eigenvalue weighted by atomic mass is 10.2. The maximum Gasteiger partial charge on any atom is 0.509 e. The van der Waals surface area contributed by atoms with Crippen molar-refractivity contribution in [2.24, 2.45) is 0 Å². The van der Waals surface area contributed by atoms with Gasteiger partial charge in [-0.15, -0.1) is 0 Å². The van der Waals surface area contributed by atoms with Crippen molar-refractivity contribution in [2.45, 2.75) is 32.3 Å². The molecule has 0 fully saturated rings. The van der Waals surface area contributed by atoms with Crippen molar-refractivity contribution in [3.63, 3.8) is 0 Å². The van der Waals surface area contributed by atoms with Crippen molar-refractivity contribution < 1.29 is 28.5 Å². The van der Waals surface area contributed by atoms with E-state index in [1.54, 1.807) is 13.8 Å². The molecule has 6 nitrogen and oxygen atoms in total. The van der Waals surface area contributed by atoms with E-state index in [1.165, 1.54) is 0 Å². The van der Waals surface area contributed by atoms with Gasteiger partial charge in [-0.3, -0.25) is 9.59 Å². The Hall–Kier alpha value is -1.00. The molecule has 0 aromatic rings. The molecule has 1 N–H and O–H groups in total. The molecule has 0 aliphatic heterocycles. The second-order valence-corrected chi connectivity index (χ2v) is 4.31. The van der Waals surface area contributed by atoms with Crippen molar-refractivity contribution in [1.29, 1.82) is 0 Å². The van der Waals surface area contributed by atoms with E-state index in [2.05, 4.69) is 9.47 Å². The third kappa shape index (κ3) is 6.48. The van der Waals surface area contributed by atoms with Gasteiger partial charge in [0.15, 0.2) is 0 Å². The first-order valence-corrected chi connectivity index (χ1v) is 6.25. The number of hydrogen-bond acceptors (Lipinski definition) is 5.